The predicted molar refractivity (Wildman–Crippen MR) is 118 cm³/mol. The average molecular weight is 411 g/mol. The summed E-state index contributed by atoms with van der Waals surface area (Å²) in [4.78, 5) is 22.6. The molecular formula is C24H26O4S. The number of carbonyl (C=O) groups excluding carboxylic acids is 2. The van der Waals surface area contributed by atoms with Gasteiger partial charge in [0, 0.05) is 9.40 Å². The van der Waals surface area contributed by atoms with Crippen LogP contribution in [-0.2, 0) is 6.42 Å². The quantitative estimate of drug-likeness (QED) is 0.355. The number of allylic oxidation sites excluding steroid dienone is 2. The van der Waals surface area contributed by atoms with Gasteiger partial charge in [0.2, 0.25) is 0 Å². The molecule has 2 N–H and O–H groups in total. The standard InChI is InChI=1S/C14H20S.C10H6O4/c1-2-3-4-5-6-7-8-12-11-13-9-10-14(12)15-13;11-5-1-2-6(12)10-8(14)4-3-7(13)9(5)10/h9-11H,2-8H2,1H3;1-4,11-12H. The molecule has 0 atom stereocenters. The molecule has 3 aromatic rings. The van der Waals surface area contributed by atoms with Gasteiger partial charge < -0.3 is 10.2 Å². The first-order valence-corrected chi connectivity index (χ1v) is 11.0. The Morgan fingerprint density at radius 1 is 0.793 bits per heavy atom. The van der Waals surface area contributed by atoms with Crippen LogP contribution in [0.5, 0.6) is 11.5 Å². The molecule has 0 fully saturated rings. The van der Waals surface area contributed by atoms with Crippen LogP contribution in [0.15, 0.2) is 42.5 Å². The molecule has 0 saturated heterocycles. The van der Waals surface area contributed by atoms with E-state index in [0.29, 0.717) is 0 Å². The van der Waals surface area contributed by atoms with Crippen LogP contribution in [0.25, 0.3) is 9.40 Å². The highest BCUT2D eigenvalue weighted by Crippen LogP contribution is 2.32. The van der Waals surface area contributed by atoms with Crippen molar-refractivity contribution in [3.63, 3.8) is 0 Å². The molecule has 1 aliphatic carbocycles. The molecule has 0 spiro atoms. The van der Waals surface area contributed by atoms with Crippen LogP contribution in [0.1, 0.15) is 71.7 Å². The lowest BCUT2D eigenvalue weighted by Gasteiger charge is -2.11. The zero-order chi connectivity index (χ0) is 20.8. The number of rotatable bonds is 7. The Morgan fingerprint density at radius 3 is 1.90 bits per heavy atom. The van der Waals surface area contributed by atoms with Crippen LogP contribution >= 0.6 is 11.3 Å². The van der Waals surface area contributed by atoms with Crippen LogP contribution in [0, 0.1) is 0 Å². The van der Waals surface area contributed by atoms with E-state index in [1.165, 1.54) is 66.5 Å². The summed E-state index contributed by atoms with van der Waals surface area (Å²) in [7, 11) is 0. The fraction of sp³-hybridized carbons (Fsp3) is 0.333. The smallest absolute Gasteiger partial charge is 0.190 e. The number of benzene rings is 2. The maximum atomic E-state index is 11.3. The molecule has 0 radical (unpaired) electrons. The van der Waals surface area contributed by atoms with Gasteiger partial charge in [0.1, 0.15) is 11.5 Å². The van der Waals surface area contributed by atoms with Crippen molar-refractivity contribution in [2.45, 2.75) is 51.9 Å². The number of unbranched alkanes of at least 4 members (excludes halogenated alkanes) is 5. The Bertz CT molecular complexity index is 972. The van der Waals surface area contributed by atoms with Gasteiger partial charge in [-0.2, -0.15) is 0 Å². The van der Waals surface area contributed by atoms with Gasteiger partial charge in [-0.1, -0.05) is 39.0 Å². The van der Waals surface area contributed by atoms with Crippen molar-refractivity contribution in [3.05, 3.63) is 59.2 Å². The van der Waals surface area contributed by atoms with Crippen molar-refractivity contribution < 1.29 is 19.8 Å². The molecule has 1 aromatic carbocycles. The molecule has 2 heterocycles. The first-order valence-electron chi connectivity index (χ1n) is 10.1. The molecule has 1 aliphatic rings. The molecule has 0 unspecified atom stereocenters. The van der Waals surface area contributed by atoms with Crippen LogP contribution in [0.4, 0.5) is 0 Å². The summed E-state index contributed by atoms with van der Waals surface area (Å²) in [6.45, 7) is 2.28. The number of thiophene rings is 2. The first-order chi connectivity index (χ1) is 14.0. The van der Waals surface area contributed by atoms with Crippen molar-refractivity contribution >= 4 is 32.3 Å². The van der Waals surface area contributed by atoms with E-state index < -0.39 is 11.6 Å². The highest BCUT2D eigenvalue weighted by molar-refractivity contribution is 7.24. The molecule has 4 rings (SSSR count). The van der Waals surface area contributed by atoms with Crippen molar-refractivity contribution in [1.29, 1.82) is 0 Å². The lowest BCUT2D eigenvalue weighted by molar-refractivity contribution is 0.0989. The second-order valence-electron chi connectivity index (χ2n) is 7.31. The van der Waals surface area contributed by atoms with Gasteiger partial charge in [0.25, 0.3) is 0 Å². The summed E-state index contributed by atoms with van der Waals surface area (Å²) in [6.07, 6.45) is 11.8. The normalized spacial score (nSPS) is 12.9. The number of hydrogen-bond donors (Lipinski definition) is 2. The second-order valence-corrected chi connectivity index (χ2v) is 8.42. The molecule has 2 bridgehead atoms. The molecular weight excluding hydrogens is 384 g/mol. The van der Waals surface area contributed by atoms with Crippen LogP contribution in [-0.4, -0.2) is 21.8 Å². The number of ketones is 2. The minimum absolute atomic E-state index is 0.127. The van der Waals surface area contributed by atoms with E-state index in [4.69, 9.17) is 0 Å². The fourth-order valence-corrected chi connectivity index (χ4v) is 4.55. The van der Waals surface area contributed by atoms with E-state index in [9.17, 15) is 19.8 Å². The molecule has 29 heavy (non-hydrogen) atoms. The Hall–Kier alpha value is -2.66. The zero-order valence-corrected chi connectivity index (χ0v) is 17.4. The van der Waals surface area contributed by atoms with Gasteiger partial charge in [0.05, 0.1) is 11.1 Å². The number of aryl methyl sites for hydroxylation is 1. The van der Waals surface area contributed by atoms with Crippen LogP contribution < -0.4 is 0 Å². The molecule has 4 nitrogen and oxygen atoms in total. The largest absolute Gasteiger partial charge is 0.507 e. The molecule has 5 heteroatoms. The Kier molecular flexibility index (Phi) is 7.04. The third-order valence-corrected chi connectivity index (χ3v) is 6.21. The van der Waals surface area contributed by atoms with Gasteiger partial charge in [-0.25, -0.2) is 0 Å². The Balaban J connectivity index is 0.000000166. The van der Waals surface area contributed by atoms with E-state index in [-0.39, 0.29) is 22.6 Å². The minimum atomic E-state index is -0.479. The molecule has 0 aliphatic heterocycles. The summed E-state index contributed by atoms with van der Waals surface area (Å²) < 4.78 is 2.96. The summed E-state index contributed by atoms with van der Waals surface area (Å²) >= 11 is 1.94. The van der Waals surface area contributed by atoms with Crippen LogP contribution in [0.2, 0.25) is 0 Å². The van der Waals surface area contributed by atoms with Crippen molar-refractivity contribution in [2.75, 3.05) is 0 Å². The second kappa shape index (κ2) is 9.70. The number of aromatic hydroxyl groups is 2. The monoisotopic (exact) mass is 410 g/mol. The summed E-state index contributed by atoms with van der Waals surface area (Å²) in [5, 5.41) is 18.7. The van der Waals surface area contributed by atoms with E-state index >= 15 is 0 Å². The fourth-order valence-electron chi connectivity index (χ4n) is 3.53. The first kappa shape index (κ1) is 21.1. The van der Waals surface area contributed by atoms with E-state index in [2.05, 4.69) is 25.1 Å². The van der Waals surface area contributed by atoms with Gasteiger partial charge in [-0.15, -0.1) is 11.3 Å². The summed E-state index contributed by atoms with van der Waals surface area (Å²) in [5.41, 5.74) is 1.34. The van der Waals surface area contributed by atoms with Crippen molar-refractivity contribution in [1.82, 2.24) is 0 Å². The van der Waals surface area contributed by atoms with Crippen molar-refractivity contribution in [2.24, 2.45) is 0 Å². The summed E-state index contributed by atoms with van der Waals surface area (Å²) in [6, 6.07) is 9.22. The number of hydrogen-bond acceptors (Lipinski definition) is 5. The Labute approximate surface area is 174 Å². The van der Waals surface area contributed by atoms with E-state index in [0.717, 1.165) is 12.2 Å². The SMILES string of the molecule is CCCCCCCCc1cc2ccc1s2.O=C1C=CC(=O)c2c(O)ccc(O)c21. The average Bonchev–Trinajstić information content (AvgIpc) is 3.33. The molecule has 0 amide bonds. The van der Waals surface area contributed by atoms with E-state index in [1.807, 2.05) is 11.3 Å². The van der Waals surface area contributed by atoms with E-state index in [1.54, 1.807) is 5.56 Å². The third kappa shape index (κ3) is 5.04. The minimum Gasteiger partial charge on any atom is -0.507 e. The predicted octanol–water partition coefficient (Wildman–Crippen LogP) is 6.28. The Morgan fingerprint density at radius 2 is 1.38 bits per heavy atom. The number of fused-ring (bicyclic) bond motifs is 3. The molecule has 0 saturated carbocycles. The topological polar surface area (TPSA) is 74.6 Å². The summed E-state index contributed by atoms with van der Waals surface area (Å²) in [5.74, 6) is -1.54. The van der Waals surface area contributed by atoms with Gasteiger partial charge in [-0.3, -0.25) is 9.59 Å². The number of phenolic OH excluding ortho intramolecular Hbond substituents is 2. The highest BCUT2D eigenvalue weighted by Gasteiger charge is 2.25. The molecule has 152 valence electrons. The van der Waals surface area contributed by atoms with Crippen LogP contribution in [0.3, 0.4) is 0 Å². The maximum Gasteiger partial charge on any atom is 0.190 e. The van der Waals surface area contributed by atoms with Gasteiger partial charge >= 0.3 is 0 Å². The van der Waals surface area contributed by atoms with Gasteiger partial charge in [-0.05, 0) is 60.9 Å². The number of phenols is 2. The zero-order valence-electron chi connectivity index (χ0n) is 16.6. The maximum absolute atomic E-state index is 11.3. The lowest BCUT2D eigenvalue weighted by atomic mass is 9.93. The highest BCUT2D eigenvalue weighted by atomic mass is 32.1. The number of carbonyl (C=O) groups is 2. The third-order valence-electron chi connectivity index (χ3n) is 5.10. The van der Waals surface area contributed by atoms with Crippen molar-refractivity contribution in [3.8, 4) is 11.5 Å². The van der Waals surface area contributed by atoms with Gasteiger partial charge in [0.15, 0.2) is 11.6 Å². The lowest BCUT2D eigenvalue weighted by Crippen LogP contribution is -2.11. The molecule has 2 aromatic heterocycles.